The van der Waals surface area contributed by atoms with Gasteiger partial charge in [-0.25, -0.2) is 0 Å². The van der Waals surface area contributed by atoms with Crippen molar-refractivity contribution in [1.29, 1.82) is 0 Å². The van der Waals surface area contributed by atoms with E-state index < -0.39 is 55.1 Å². The first kappa shape index (κ1) is 28.6. The van der Waals surface area contributed by atoms with Gasteiger partial charge in [-0.3, -0.25) is 0 Å². The number of hydrogen-bond donors (Lipinski definition) is 1. The Labute approximate surface area is 185 Å². The third-order valence-electron chi connectivity index (χ3n) is 5.55. The molecule has 11 heteroatoms. The van der Waals surface area contributed by atoms with Crippen LogP contribution in [0.2, 0.25) is 0 Å². The monoisotopic (exact) mass is 456 g/mol. The fraction of sp³-hybridized carbons (Fsp3) is 1.00. The van der Waals surface area contributed by atoms with Gasteiger partial charge in [0.15, 0.2) is 6.29 Å². The van der Waals surface area contributed by atoms with Crippen LogP contribution in [0.1, 0.15) is 0 Å². The topological polar surface area (TPSA) is 113 Å². The Morgan fingerprint density at radius 2 is 1.26 bits per heavy atom. The van der Waals surface area contributed by atoms with Crippen molar-refractivity contribution in [2.45, 2.75) is 55.1 Å². The molecule has 1 saturated heterocycles. The first-order valence-corrected chi connectivity index (χ1v) is 10.1. The first-order chi connectivity index (χ1) is 15.0. The average Bonchev–Trinajstić information content (AvgIpc) is 2.80. The Kier molecular flexibility index (Phi) is 14.2. The van der Waals surface area contributed by atoms with E-state index in [0.717, 1.165) is 0 Å². The summed E-state index contributed by atoms with van der Waals surface area (Å²) in [4.78, 5) is 0. The number of ether oxygens (including phenoxy) is 10. The van der Waals surface area contributed by atoms with Crippen molar-refractivity contribution >= 4 is 0 Å². The summed E-state index contributed by atoms with van der Waals surface area (Å²) < 4.78 is 56.3. The van der Waals surface area contributed by atoms with E-state index in [2.05, 4.69) is 0 Å². The lowest BCUT2D eigenvalue weighted by atomic mass is 9.98. The zero-order valence-electron chi connectivity index (χ0n) is 19.8. The molecule has 0 aliphatic carbocycles. The molecule has 0 aromatic heterocycles. The predicted molar refractivity (Wildman–Crippen MR) is 109 cm³/mol. The summed E-state index contributed by atoms with van der Waals surface area (Å²) in [7, 11) is 12.4. The molecule has 0 aromatic rings. The first-order valence-electron chi connectivity index (χ1n) is 10.1. The molecule has 0 spiro atoms. The van der Waals surface area contributed by atoms with E-state index in [4.69, 9.17) is 47.4 Å². The second kappa shape index (κ2) is 15.4. The smallest absolute Gasteiger partial charge is 0.187 e. The number of methoxy groups -OCH3 is 8. The minimum Gasteiger partial charge on any atom is -0.394 e. The standard InChI is InChI=1S/C20H40O11/c1-22-10-14-17(27-6)18(28-7)19(29-8)20(31-14)30-11-13(24-3)16(26-5)15(25-4)12(9-21)23-2/h12-21H,9-11H2,1-8H3/t12-,13-,14+,15-,16-,17+,18-,19+,20+/m0/s1. The van der Waals surface area contributed by atoms with Crippen molar-refractivity contribution in [3.05, 3.63) is 0 Å². The van der Waals surface area contributed by atoms with Gasteiger partial charge in [-0.15, -0.1) is 0 Å². The second-order valence-corrected chi connectivity index (χ2v) is 7.06. The van der Waals surface area contributed by atoms with E-state index >= 15 is 0 Å². The lowest BCUT2D eigenvalue weighted by Crippen LogP contribution is -2.61. The van der Waals surface area contributed by atoms with Gasteiger partial charge in [0.1, 0.15) is 48.8 Å². The molecule has 11 nitrogen and oxygen atoms in total. The van der Waals surface area contributed by atoms with Crippen LogP contribution in [0.4, 0.5) is 0 Å². The Hall–Kier alpha value is -0.440. The maximum Gasteiger partial charge on any atom is 0.187 e. The Morgan fingerprint density at radius 1 is 0.710 bits per heavy atom. The SMILES string of the molecule is COC[C@H]1O[C@@H](OC[C@H](OC)[C@H](OC)[C@@H](OC)[C@H](CO)OC)[C@H](OC)[C@@H](OC)[C@@H]1OC. The van der Waals surface area contributed by atoms with E-state index in [1.807, 2.05) is 0 Å². The molecule has 0 bridgehead atoms. The molecule has 1 rings (SSSR count). The predicted octanol–water partition coefficient (Wildman–Crippen LogP) is -0.528. The summed E-state index contributed by atoms with van der Waals surface area (Å²) >= 11 is 0. The van der Waals surface area contributed by atoms with E-state index in [-0.39, 0.29) is 13.2 Å². The number of rotatable bonds is 16. The number of hydrogen-bond acceptors (Lipinski definition) is 11. The van der Waals surface area contributed by atoms with Crippen molar-refractivity contribution in [1.82, 2.24) is 0 Å². The van der Waals surface area contributed by atoms with Crippen LogP contribution in [0.25, 0.3) is 0 Å². The number of aliphatic hydroxyl groups excluding tert-OH is 1. The lowest BCUT2D eigenvalue weighted by Gasteiger charge is -2.45. The molecule has 1 heterocycles. The van der Waals surface area contributed by atoms with Crippen LogP contribution in [0.3, 0.4) is 0 Å². The molecule has 1 aliphatic rings. The van der Waals surface area contributed by atoms with Gasteiger partial charge in [-0.1, -0.05) is 0 Å². The molecule has 31 heavy (non-hydrogen) atoms. The summed E-state index contributed by atoms with van der Waals surface area (Å²) in [5.41, 5.74) is 0. The Bertz CT molecular complexity index is 451. The highest BCUT2D eigenvalue weighted by molar-refractivity contribution is 4.93. The largest absolute Gasteiger partial charge is 0.394 e. The van der Waals surface area contributed by atoms with Crippen LogP contribution in [0, 0.1) is 0 Å². The van der Waals surface area contributed by atoms with Crippen LogP contribution in [0.15, 0.2) is 0 Å². The van der Waals surface area contributed by atoms with Crippen LogP contribution < -0.4 is 0 Å². The van der Waals surface area contributed by atoms with Gasteiger partial charge in [-0.2, -0.15) is 0 Å². The van der Waals surface area contributed by atoms with Crippen molar-refractivity contribution in [2.75, 3.05) is 76.7 Å². The lowest BCUT2D eigenvalue weighted by molar-refractivity contribution is -0.319. The maximum absolute atomic E-state index is 9.60. The van der Waals surface area contributed by atoms with E-state index in [1.54, 1.807) is 28.4 Å². The summed E-state index contributed by atoms with van der Waals surface area (Å²) in [6.45, 7) is 0.145. The number of aliphatic hydroxyl groups is 1. The van der Waals surface area contributed by atoms with Crippen molar-refractivity contribution in [3.8, 4) is 0 Å². The molecular weight excluding hydrogens is 416 g/mol. The van der Waals surface area contributed by atoms with Crippen LogP contribution in [0.5, 0.6) is 0 Å². The van der Waals surface area contributed by atoms with Crippen LogP contribution in [-0.2, 0) is 47.4 Å². The van der Waals surface area contributed by atoms with Gasteiger partial charge >= 0.3 is 0 Å². The van der Waals surface area contributed by atoms with Gasteiger partial charge in [0.2, 0.25) is 0 Å². The zero-order valence-corrected chi connectivity index (χ0v) is 19.8. The van der Waals surface area contributed by atoms with Gasteiger partial charge < -0.3 is 52.5 Å². The normalized spacial score (nSPS) is 30.7. The highest BCUT2D eigenvalue weighted by Crippen LogP contribution is 2.28. The van der Waals surface area contributed by atoms with Crippen molar-refractivity contribution in [3.63, 3.8) is 0 Å². The fourth-order valence-corrected chi connectivity index (χ4v) is 3.91. The highest BCUT2D eigenvalue weighted by atomic mass is 16.7. The van der Waals surface area contributed by atoms with Crippen LogP contribution >= 0.6 is 0 Å². The minimum atomic E-state index is -0.770. The highest BCUT2D eigenvalue weighted by Gasteiger charge is 2.48. The van der Waals surface area contributed by atoms with Gasteiger partial charge in [0, 0.05) is 56.9 Å². The summed E-state index contributed by atoms with van der Waals surface area (Å²) in [5.74, 6) is 0. The molecule has 0 saturated carbocycles. The second-order valence-electron chi connectivity index (χ2n) is 7.06. The summed E-state index contributed by atoms with van der Waals surface area (Å²) in [6.07, 6.45) is -4.91. The molecule has 1 aliphatic heterocycles. The molecule has 0 unspecified atom stereocenters. The maximum atomic E-state index is 9.60. The quantitative estimate of drug-likeness (QED) is 0.323. The third-order valence-corrected chi connectivity index (χ3v) is 5.55. The van der Waals surface area contributed by atoms with Crippen molar-refractivity contribution in [2.24, 2.45) is 0 Å². The zero-order chi connectivity index (χ0) is 23.4. The van der Waals surface area contributed by atoms with Gasteiger partial charge in [-0.05, 0) is 0 Å². The molecule has 0 amide bonds. The molecule has 0 aromatic carbocycles. The fourth-order valence-electron chi connectivity index (χ4n) is 3.91. The molecule has 9 atom stereocenters. The molecule has 0 radical (unpaired) electrons. The van der Waals surface area contributed by atoms with Gasteiger partial charge in [0.25, 0.3) is 0 Å². The molecular formula is C20H40O11. The molecule has 1 fully saturated rings. The average molecular weight is 457 g/mol. The Morgan fingerprint density at radius 3 is 1.68 bits per heavy atom. The molecule has 1 N–H and O–H groups in total. The molecule has 186 valence electrons. The van der Waals surface area contributed by atoms with Crippen LogP contribution in [-0.4, -0.2) is 137 Å². The van der Waals surface area contributed by atoms with E-state index in [0.29, 0.717) is 6.61 Å². The summed E-state index contributed by atoms with van der Waals surface area (Å²) in [6, 6.07) is 0. The van der Waals surface area contributed by atoms with Gasteiger partial charge in [0.05, 0.1) is 19.8 Å². The van der Waals surface area contributed by atoms with E-state index in [1.165, 1.54) is 28.4 Å². The minimum absolute atomic E-state index is 0.0923. The Balaban J connectivity index is 2.98. The van der Waals surface area contributed by atoms with Crippen molar-refractivity contribution < 1.29 is 52.5 Å². The summed E-state index contributed by atoms with van der Waals surface area (Å²) in [5, 5.41) is 9.60. The van der Waals surface area contributed by atoms with E-state index in [9.17, 15) is 5.11 Å². The third kappa shape index (κ3) is 7.27.